The fourth-order valence-electron chi connectivity index (χ4n) is 1.19. The van der Waals surface area contributed by atoms with Crippen molar-refractivity contribution >= 4 is 5.69 Å². The summed E-state index contributed by atoms with van der Waals surface area (Å²) in [6, 6.07) is 3.94. The highest BCUT2D eigenvalue weighted by Gasteiger charge is 2.10. The lowest BCUT2D eigenvalue weighted by Crippen LogP contribution is -2.17. The summed E-state index contributed by atoms with van der Waals surface area (Å²) >= 11 is 0. The summed E-state index contributed by atoms with van der Waals surface area (Å²) in [5.41, 5.74) is 6.06. The Morgan fingerprint density at radius 2 is 2.29 bits per heavy atom. The van der Waals surface area contributed by atoms with Crippen molar-refractivity contribution in [1.82, 2.24) is 0 Å². The average Bonchev–Trinajstić information content (AvgIpc) is 2.07. The molecule has 3 N–H and O–H groups in total. The van der Waals surface area contributed by atoms with Crippen LogP contribution in [0.3, 0.4) is 0 Å². The summed E-state index contributed by atoms with van der Waals surface area (Å²) in [7, 11) is 0. The monoisotopic (exact) mass is 196 g/mol. The van der Waals surface area contributed by atoms with Crippen molar-refractivity contribution < 1.29 is 10.0 Å². The van der Waals surface area contributed by atoms with E-state index in [0.29, 0.717) is 12.0 Å². The molecule has 0 heterocycles. The first-order chi connectivity index (χ1) is 6.50. The highest BCUT2D eigenvalue weighted by molar-refractivity contribution is 5.43. The molecule has 14 heavy (non-hydrogen) atoms. The quantitative estimate of drug-likeness (QED) is 0.561. The van der Waals surface area contributed by atoms with Crippen molar-refractivity contribution in [3.8, 4) is 5.75 Å². The third-order valence-electron chi connectivity index (χ3n) is 1.82. The lowest BCUT2D eigenvalue weighted by Gasteiger charge is -2.06. The summed E-state index contributed by atoms with van der Waals surface area (Å²) in [6.07, 6.45) is 0.504. The smallest absolute Gasteiger partial charge is 0.273 e. The number of non-ortho nitro benzene ring substituents is 1. The molecule has 0 fully saturated rings. The van der Waals surface area contributed by atoms with E-state index < -0.39 is 4.92 Å². The van der Waals surface area contributed by atoms with Gasteiger partial charge in [-0.25, -0.2) is 0 Å². The van der Waals surface area contributed by atoms with Crippen LogP contribution >= 0.6 is 0 Å². The Labute approximate surface area is 81.3 Å². The Bertz CT molecular complexity index is 350. The maximum atomic E-state index is 10.4. The van der Waals surface area contributed by atoms with Crippen LogP contribution in [0.5, 0.6) is 5.75 Å². The molecular formula is C9H12N2O3. The topological polar surface area (TPSA) is 89.4 Å². The summed E-state index contributed by atoms with van der Waals surface area (Å²) in [6.45, 7) is 1.81. The van der Waals surface area contributed by atoms with Crippen LogP contribution in [0.2, 0.25) is 0 Å². The highest BCUT2D eigenvalue weighted by Crippen LogP contribution is 2.24. The lowest BCUT2D eigenvalue weighted by atomic mass is 10.1. The van der Waals surface area contributed by atoms with E-state index in [4.69, 9.17) is 5.73 Å². The van der Waals surface area contributed by atoms with E-state index in [1.807, 2.05) is 0 Å². The second-order valence-electron chi connectivity index (χ2n) is 3.25. The molecule has 1 aromatic carbocycles. The first-order valence-electron chi connectivity index (χ1n) is 4.22. The number of nitro groups is 1. The molecule has 0 amide bonds. The summed E-state index contributed by atoms with van der Waals surface area (Å²) in [4.78, 5) is 9.81. The summed E-state index contributed by atoms with van der Waals surface area (Å²) < 4.78 is 0. The molecule has 1 atom stereocenters. The molecule has 76 valence electrons. The number of nitrogens with two attached hydrogens (primary N) is 1. The molecule has 0 radical (unpaired) electrons. The maximum absolute atomic E-state index is 10.4. The van der Waals surface area contributed by atoms with E-state index in [0.717, 1.165) is 6.07 Å². The molecule has 0 bridgehead atoms. The minimum Gasteiger partial charge on any atom is -0.507 e. The fraction of sp³-hybridized carbons (Fsp3) is 0.333. The van der Waals surface area contributed by atoms with Crippen LogP contribution in [0.15, 0.2) is 18.2 Å². The van der Waals surface area contributed by atoms with Crippen LogP contribution in [0.4, 0.5) is 5.69 Å². The fourth-order valence-corrected chi connectivity index (χ4v) is 1.19. The van der Waals surface area contributed by atoms with Gasteiger partial charge in [-0.15, -0.1) is 0 Å². The van der Waals surface area contributed by atoms with Crippen molar-refractivity contribution in [1.29, 1.82) is 0 Å². The molecule has 0 spiro atoms. The minimum atomic E-state index is -0.546. The van der Waals surface area contributed by atoms with Crippen molar-refractivity contribution in [3.63, 3.8) is 0 Å². The number of benzene rings is 1. The van der Waals surface area contributed by atoms with Crippen molar-refractivity contribution in [2.45, 2.75) is 19.4 Å². The van der Waals surface area contributed by atoms with Gasteiger partial charge >= 0.3 is 0 Å². The lowest BCUT2D eigenvalue weighted by molar-refractivity contribution is -0.384. The Morgan fingerprint density at radius 3 is 2.71 bits per heavy atom. The third-order valence-corrected chi connectivity index (χ3v) is 1.82. The SMILES string of the molecule is C[C@H](N)Cc1ccc([N+](=O)[O-])cc1O. The zero-order valence-corrected chi connectivity index (χ0v) is 7.80. The number of hydrogen-bond donors (Lipinski definition) is 2. The first-order valence-corrected chi connectivity index (χ1v) is 4.22. The molecular weight excluding hydrogens is 184 g/mol. The van der Waals surface area contributed by atoms with E-state index in [9.17, 15) is 15.2 Å². The predicted octanol–water partition coefficient (Wildman–Crippen LogP) is 1.19. The highest BCUT2D eigenvalue weighted by atomic mass is 16.6. The van der Waals surface area contributed by atoms with Gasteiger partial charge in [0, 0.05) is 12.1 Å². The van der Waals surface area contributed by atoms with E-state index >= 15 is 0 Å². The van der Waals surface area contributed by atoms with Gasteiger partial charge in [-0.1, -0.05) is 0 Å². The van der Waals surface area contributed by atoms with Crippen molar-refractivity contribution in [2.24, 2.45) is 5.73 Å². The standard InChI is InChI=1S/C9H12N2O3/c1-6(10)4-7-2-3-8(11(13)14)5-9(7)12/h2-3,5-6,12H,4,10H2,1H3/t6-/m0/s1. The van der Waals surface area contributed by atoms with Crippen LogP contribution in [-0.4, -0.2) is 16.1 Å². The number of phenolic OH excluding ortho intramolecular Hbond substituents is 1. The van der Waals surface area contributed by atoms with E-state index in [2.05, 4.69) is 0 Å². The van der Waals surface area contributed by atoms with Gasteiger partial charge in [-0.2, -0.15) is 0 Å². The molecule has 0 aliphatic rings. The predicted molar refractivity (Wildman–Crippen MR) is 52.1 cm³/mol. The van der Waals surface area contributed by atoms with Crippen LogP contribution in [0.25, 0.3) is 0 Å². The molecule has 0 saturated carbocycles. The number of aromatic hydroxyl groups is 1. The Morgan fingerprint density at radius 1 is 1.64 bits per heavy atom. The van der Waals surface area contributed by atoms with E-state index in [-0.39, 0.29) is 17.5 Å². The maximum Gasteiger partial charge on any atom is 0.273 e. The van der Waals surface area contributed by atoms with Gasteiger partial charge in [0.2, 0.25) is 0 Å². The number of nitrogens with zero attached hydrogens (tertiary/aromatic N) is 1. The van der Waals surface area contributed by atoms with Gasteiger partial charge in [0.25, 0.3) is 5.69 Å². The second-order valence-corrected chi connectivity index (χ2v) is 3.25. The van der Waals surface area contributed by atoms with Crippen molar-refractivity contribution in [3.05, 3.63) is 33.9 Å². The molecule has 1 rings (SSSR count). The van der Waals surface area contributed by atoms with Crippen molar-refractivity contribution in [2.75, 3.05) is 0 Å². The van der Waals surface area contributed by atoms with Gasteiger partial charge in [0.1, 0.15) is 5.75 Å². The molecule has 0 aromatic heterocycles. The van der Waals surface area contributed by atoms with Gasteiger partial charge in [0.15, 0.2) is 0 Å². The zero-order chi connectivity index (χ0) is 10.7. The number of phenols is 1. The van der Waals surface area contributed by atoms with Gasteiger partial charge in [0.05, 0.1) is 11.0 Å². The van der Waals surface area contributed by atoms with Crippen LogP contribution in [-0.2, 0) is 6.42 Å². The van der Waals surface area contributed by atoms with E-state index in [1.54, 1.807) is 6.92 Å². The number of rotatable bonds is 3. The molecule has 0 aliphatic carbocycles. The van der Waals surface area contributed by atoms with Gasteiger partial charge in [-0.3, -0.25) is 10.1 Å². The Hall–Kier alpha value is -1.62. The van der Waals surface area contributed by atoms with Crippen LogP contribution < -0.4 is 5.73 Å². The zero-order valence-electron chi connectivity index (χ0n) is 7.80. The molecule has 0 aliphatic heterocycles. The minimum absolute atomic E-state index is 0.0727. The third kappa shape index (κ3) is 2.43. The van der Waals surface area contributed by atoms with Crippen LogP contribution in [0.1, 0.15) is 12.5 Å². The van der Waals surface area contributed by atoms with Gasteiger partial charge in [-0.05, 0) is 25.0 Å². The first kappa shape index (κ1) is 10.5. The Balaban J connectivity index is 2.95. The second kappa shape index (κ2) is 4.06. The van der Waals surface area contributed by atoms with Crippen LogP contribution in [0, 0.1) is 10.1 Å². The summed E-state index contributed by atoms with van der Waals surface area (Å²) in [5.74, 6) is -0.0727. The number of hydrogen-bond acceptors (Lipinski definition) is 4. The average molecular weight is 196 g/mol. The normalized spacial score (nSPS) is 12.4. The van der Waals surface area contributed by atoms with E-state index in [1.165, 1.54) is 12.1 Å². The molecule has 5 heteroatoms. The Kier molecular flexibility index (Phi) is 3.03. The molecule has 0 unspecified atom stereocenters. The van der Waals surface area contributed by atoms with Gasteiger partial charge < -0.3 is 10.8 Å². The number of nitro benzene ring substituents is 1. The molecule has 0 saturated heterocycles. The largest absolute Gasteiger partial charge is 0.507 e. The summed E-state index contributed by atoms with van der Waals surface area (Å²) in [5, 5.41) is 19.8. The molecule has 5 nitrogen and oxygen atoms in total. The molecule has 1 aromatic rings.